The molecule has 0 saturated heterocycles. The van der Waals surface area contributed by atoms with Crippen LogP contribution >= 0.6 is 0 Å². The Balaban J connectivity index is 1.51. The summed E-state index contributed by atoms with van der Waals surface area (Å²) in [5.74, 6) is 1.30. The molecule has 1 aromatic heterocycles. The van der Waals surface area contributed by atoms with Crippen LogP contribution in [-0.4, -0.2) is 38.0 Å². The number of carbonyl (C=O) groups is 1. The number of hydrogen-bond donors (Lipinski definition) is 1. The number of nitrogens with zero attached hydrogens (tertiary/aromatic N) is 2. The molecule has 0 aliphatic rings. The number of carbonyl (C=O) groups excluding carboxylic acids is 1. The van der Waals surface area contributed by atoms with Crippen LogP contribution in [0.5, 0.6) is 17.2 Å². The second kappa shape index (κ2) is 10.6. The number of aryl methyl sites for hydroxylation is 1. The predicted molar refractivity (Wildman–Crippen MR) is 137 cm³/mol. The second-order valence-electron chi connectivity index (χ2n) is 7.76. The van der Waals surface area contributed by atoms with E-state index in [1.807, 2.05) is 30.3 Å². The summed E-state index contributed by atoms with van der Waals surface area (Å²) in [6, 6.07) is 25.2. The lowest BCUT2D eigenvalue weighted by molar-refractivity contribution is 0.0955. The SMILES string of the molecule is COc1cc(OC)c(OC)cc1/C=N/NC(=O)c1ccc(-n2c(C)ccc2-c2ccccc2)cc1. The van der Waals surface area contributed by atoms with Crippen LogP contribution in [0.15, 0.2) is 84.0 Å². The Bertz CT molecular complexity index is 1340. The van der Waals surface area contributed by atoms with Crippen molar-refractivity contribution in [3.63, 3.8) is 0 Å². The van der Waals surface area contributed by atoms with Crippen molar-refractivity contribution in [1.29, 1.82) is 0 Å². The molecule has 0 radical (unpaired) electrons. The van der Waals surface area contributed by atoms with E-state index in [-0.39, 0.29) is 5.91 Å². The molecular formula is C28H27N3O4. The van der Waals surface area contributed by atoms with Gasteiger partial charge in [-0.3, -0.25) is 4.79 Å². The quantitative estimate of drug-likeness (QED) is 0.283. The molecule has 1 heterocycles. The molecule has 0 spiro atoms. The molecule has 0 fully saturated rings. The molecule has 0 saturated carbocycles. The van der Waals surface area contributed by atoms with Crippen molar-refractivity contribution in [2.24, 2.45) is 5.10 Å². The van der Waals surface area contributed by atoms with E-state index in [2.05, 4.69) is 46.3 Å². The van der Waals surface area contributed by atoms with E-state index in [9.17, 15) is 4.79 Å². The summed E-state index contributed by atoms with van der Waals surface area (Å²) >= 11 is 0. The lowest BCUT2D eigenvalue weighted by atomic mass is 10.1. The molecule has 4 aromatic rings. The molecule has 4 rings (SSSR count). The van der Waals surface area contributed by atoms with Gasteiger partial charge in [-0.15, -0.1) is 0 Å². The van der Waals surface area contributed by atoms with Crippen LogP contribution in [0.25, 0.3) is 16.9 Å². The van der Waals surface area contributed by atoms with Crippen LogP contribution in [0.4, 0.5) is 0 Å². The van der Waals surface area contributed by atoms with Gasteiger partial charge in [-0.1, -0.05) is 30.3 Å². The summed E-state index contributed by atoms with van der Waals surface area (Å²) in [7, 11) is 4.65. The Morgan fingerprint density at radius 3 is 2.14 bits per heavy atom. The van der Waals surface area contributed by atoms with E-state index in [0.717, 1.165) is 22.6 Å². The van der Waals surface area contributed by atoms with Crippen molar-refractivity contribution >= 4 is 12.1 Å². The van der Waals surface area contributed by atoms with Gasteiger partial charge in [-0.2, -0.15) is 5.10 Å². The lowest BCUT2D eigenvalue weighted by Gasteiger charge is -2.13. The number of rotatable bonds is 8. The molecule has 0 bridgehead atoms. The number of nitrogens with one attached hydrogen (secondary N) is 1. The third-order valence-corrected chi connectivity index (χ3v) is 5.64. The third-order valence-electron chi connectivity index (χ3n) is 5.64. The highest BCUT2D eigenvalue weighted by Gasteiger charge is 2.12. The van der Waals surface area contributed by atoms with Crippen molar-refractivity contribution in [1.82, 2.24) is 9.99 Å². The van der Waals surface area contributed by atoms with E-state index in [0.29, 0.717) is 28.4 Å². The summed E-state index contributed by atoms with van der Waals surface area (Å²) in [6.07, 6.45) is 1.50. The standard InChI is InChI=1S/C28H27N3O4/c1-19-10-15-24(20-8-6-5-7-9-20)31(19)23-13-11-21(12-14-23)28(32)30-29-18-22-16-26(34-3)27(35-4)17-25(22)33-2/h5-18H,1-4H3,(H,30,32)/b29-18+. The normalized spacial score (nSPS) is 10.9. The summed E-state index contributed by atoms with van der Waals surface area (Å²) in [5.41, 5.74) is 7.99. The molecule has 0 unspecified atom stereocenters. The van der Waals surface area contributed by atoms with Crippen molar-refractivity contribution in [3.8, 4) is 34.2 Å². The summed E-state index contributed by atoms with van der Waals surface area (Å²) in [4.78, 5) is 12.7. The van der Waals surface area contributed by atoms with Crippen LogP contribution in [0, 0.1) is 6.92 Å². The first kappa shape index (κ1) is 23.6. The van der Waals surface area contributed by atoms with Crippen LogP contribution in [0.2, 0.25) is 0 Å². The van der Waals surface area contributed by atoms with E-state index in [1.54, 1.807) is 45.6 Å². The van der Waals surface area contributed by atoms with Gasteiger partial charge in [-0.25, -0.2) is 5.43 Å². The number of benzene rings is 3. The lowest BCUT2D eigenvalue weighted by Crippen LogP contribution is -2.17. The van der Waals surface area contributed by atoms with Gasteiger partial charge < -0.3 is 18.8 Å². The molecular weight excluding hydrogens is 442 g/mol. The molecule has 0 atom stereocenters. The molecule has 0 aliphatic heterocycles. The second-order valence-corrected chi connectivity index (χ2v) is 7.76. The largest absolute Gasteiger partial charge is 0.496 e. The minimum atomic E-state index is -0.320. The Labute approximate surface area is 204 Å². The van der Waals surface area contributed by atoms with E-state index in [4.69, 9.17) is 14.2 Å². The molecule has 1 amide bonds. The molecule has 0 aliphatic carbocycles. The zero-order chi connectivity index (χ0) is 24.8. The fourth-order valence-electron chi connectivity index (χ4n) is 3.86. The summed E-state index contributed by atoms with van der Waals surface area (Å²) in [5, 5.41) is 4.09. The maximum atomic E-state index is 12.7. The van der Waals surface area contributed by atoms with Crippen LogP contribution in [0.3, 0.4) is 0 Å². The highest BCUT2D eigenvalue weighted by Crippen LogP contribution is 2.33. The third kappa shape index (κ3) is 5.04. The number of amides is 1. The number of hydrazone groups is 1. The van der Waals surface area contributed by atoms with Crippen LogP contribution < -0.4 is 19.6 Å². The Kier molecular flexibility index (Phi) is 7.16. The van der Waals surface area contributed by atoms with Gasteiger partial charge in [0, 0.05) is 28.6 Å². The number of aromatic nitrogens is 1. The average molecular weight is 470 g/mol. The summed E-state index contributed by atoms with van der Waals surface area (Å²) in [6.45, 7) is 2.06. The van der Waals surface area contributed by atoms with Gasteiger partial charge in [0.25, 0.3) is 5.91 Å². The molecule has 178 valence electrons. The van der Waals surface area contributed by atoms with Crippen molar-refractivity contribution in [2.45, 2.75) is 6.92 Å². The fourth-order valence-corrected chi connectivity index (χ4v) is 3.86. The Hall–Kier alpha value is -4.52. The van der Waals surface area contributed by atoms with E-state index < -0.39 is 0 Å². The smallest absolute Gasteiger partial charge is 0.271 e. The first-order chi connectivity index (χ1) is 17.0. The molecule has 7 heteroatoms. The van der Waals surface area contributed by atoms with Gasteiger partial charge in [0.15, 0.2) is 11.5 Å². The van der Waals surface area contributed by atoms with E-state index in [1.165, 1.54) is 6.21 Å². The van der Waals surface area contributed by atoms with Gasteiger partial charge >= 0.3 is 0 Å². The van der Waals surface area contributed by atoms with Gasteiger partial charge in [0.1, 0.15) is 5.75 Å². The monoisotopic (exact) mass is 469 g/mol. The minimum Gasteiger partial charge on any atom is -0.496 e. The van der Waals surface area contributed by atoms with E-state index >= 15 is 0 Å². The van der Waals surface area contributed by atoms with Crippen LogP contribution in [0.1, 0.15) is 21.6 Å². The average Bonchev–Trinajstić information content (AvgIpc) is 3.30. The molecule has 35 heavy (non-hydrogen) atoms. The predicted octanol–water partition coefficient (Wildman–Crippen LogP) is 5.24. The highest BCUT2D eigenvalue weighted by atomic mass is 16.5. The topological polar surface area (TPSA) is 74.1 Å². The van der Waals surface area contributed by atoms with Crippen molar-refractivity contribution in [2.75, 3.05) is 21.3 Å². The Morgan fingerprint density at radius 2 is 1.49 bits per heavy atom. The molecule has 1 N–H and O–H groups in total. The Morgan fingerprint density at radius 1 is 0.829 bits per heavy atom. The highest BCUT2D eigenvalue weighted by molar-refractivity contribution is 5.95. The van der Waals surface area contributed by atoms with Crippen molar-refractivity contribution in [3.05, 3.63) is 95.7 Å². The van der Waals surface area contributed by atoms with Gasteiger partial charge in [-0.05, 0) is 55.0 Å². The first-order valence-electron chi connectivity index (χ1n) is 11.0. The minimum absolute atomic E-state index is 0.320. The summed E-state index contributed by atoms with van der Waals surface area (Å²) < 4.78 is 18.2. The fraction of sp³-hybridized carbons (Fsp3) is 0.143. The van der Waals surface area contributed by atoms with Crippen LogP contribution in [-0.2, 0) is 0 Å². The van der Waals surface area contributed by atoms with Gasteiger partial charge in [0.05, 0.1) is 33.2 Å². The number of methoxy groups -OCH3 is 3. The zero-order valence-electron chi connectivity index (χ0n) is 20.1. The number of ether oxygens (including phenoxy) is 3. The first-order valence-corrected chi connectivity index (χ1v) is 11.0. The maximum absolute atomic E-state index is 12.7. The van der Waals surface area contributed by atoms with Crippen molar-refractivity contribution < 1.29 is 19.0 Å². The van der Waals surface area contributed by atoms with Gasteiger partial charge in [0.2, 0.25) is 0 Å². The number of hydrogen-bond acceptors (Lipinski definition) is 5. The maximum Gasteiger partial charge on any atom is 0.271 e. The zero-order valence-corrected chi connectivity index (χ0v) is 20.1. The molecule has 7 nitrogen and oxygen atoms in total. The molecule has 3 aromatic carbocycles.